The third-order valence-corrected chi connectivity index (χ3v) is 5.28. The van der Waals surface area contributed by atoms with Crippen LogP contribution in [0.5, 0.6) is 0 Å². The topological polar surface area (TPSA) is 44.8 Å². The van der Waals surface area contributed by atoms with Gasteiger partial charge in [-0.15, -0.1) is 0 Å². The van der Waals surface area contributed by atoms with Crippen molar-refractivity contribution in [1.29, 1.82) is 0 Å². The molecule has 138 valence electrons. The van der Waals surface area contributed by atoms with E-state index in [1.807, 2.05) is 20.8 Å². The van der Waals surface area contributed by atoms with Gasteiger partial charge in [-0.05, 0) is 38.3 Å². The van der Waals surface area contributed by atoms with Crippen molar-refractivity contribution < 1.29 is 9.53 Å². The number of benzene rings is 1. The first-order valence-corrected chi connectivity index (χ1v) is 9.51. The van der Waals surface area contributed by atoms with Gasteiger partial charge in [0, 0.05) is 38.8 Å². The number of rotatable bonds is 5. The predicted octanol–water partition coefficient (Wildman–Crippen LogP) is 1.83. The lowest BCUT2D eigenvalue weighted by molar-refractivity contribution is -0.127. The number of fused-ring (bicyclic) bond motifs is 1. The van der Waals surface area contributed by atoms with E-state index in [4.69, 9.17) is 4.74 Å². The maximum Gasteiger partial charge on any atom is 0.237 e. The molecule has 0 aromatic heterocycles. The van der Waals surface area contributed by atoms with Gasteiger partial charge in [-0.3, -0.25) is 14.6 Å². The highest BCUT2D eigenvalue weighted by Crippen LogP contribution is 2.28. The third kappa shape index (κ3) is 4.60. The highest BCUT2D eigenvalue weighted by atomic mass is 16.5. The Kier molecular flexibility index (Phi) is 6.10. The van der Waals surface area contributed by atoms with Gasteiger partial charge in [0.15, 0.2) is 0 Å². The molecule has 1 fully saturated rings. The number of nitrogens with one attached hydrogen (secondary N) is 1. The summed E-state index contributed by atoms with van der Waals surface area (Å²) in [5, 5.41) is 3.01. The zero-order valence-electron chi connectivity index (χ0n) is 15.7. The van der Waals surface area contributed by atoms with Gasteiger partial charge < -0.3 is 10.1 Å². The van der Waals surface area contributed by atoms with E-state index in [9.17, 15) is 4.79 Å². The first-order valence-electron chi connectivity index (χ1n) is 9.51. The fourth-order valence-electron chi connectivity index (χ4n) is 3.77. The van der Waals surface area contributed by atoms with Crippen molar-refractivity contribution in [3.8, 4) is 0 Å². The van der Waals surface area contributed by atoms with Crippen molar-refractivity contribution >= 4 is 5.91 Å². The summed E-state index contributed by atoms with van der Waals surface area (Å²) in [4.78, 5) is 17.0. The molecule has 0 spiro atoms. The maximum atomic E-state index is 12.2. The maximum absolute atomic E-state index is 12.2. The molecule has 0 saturated carbocycles. The number of amides is 1. The molecule has 2 aliphatic rings. The largest absolute Gasteiger partial charge is 0.372 e. The van der Waals surface area contributed by atoms with Crippen molar-refractivity contribution in [3.63, 3.8) is 0 Å². The van der Waals surface area contributed by atoms with Gasteiger partial charge in [0.1, 0.15) is 0 Å². The Bertz CT molecular complexity index is 582. The van der Waals surface area contributed by atoms with Crippen LogP contribution >= 0.6 is 0 Å². The summed E-state index contributed by atoms with van der Waals surface area (Å²) >= 11 is 0. The number of piperazine rings is 1. The Hall–Kier alpha value is -1.43. The molecule has 1 amide bonds. The second-order valence-corrected chi connectivity index (χ2v) is 7.48. The normalized spacial score (nSPS) is 23.3. The Morgan fingerprint density at radius 3 is 2.64 bits per heavy atom. The van der Waals surface area contributed by atoms with Gasteiger partial charge in [-0.25, -0.2) is 0 Å². The van der Waals surface area contributed by atoms with E-state index in [0.717, 1.165) is 45.8 Å². The molecule has 5 nitrogen and oxygen atoms in total. The van der Waals surface area contributed by atoms with Crippen LogP contribution in [0.4, 0.5) is 0 Å². The number of hydrogen-bond acceptors (Lipinski definition) is 4. The molecule has 3 rings (SSSR count). The van der Waals surface area contributed by atoms with Crippen LogP contribution < -0.4 is 5.32 Å². The van der Waals surface area contributed by atoms with E-state index in [-0.39, 0.29) is 24.1 Å². The summed E-state index contributed by atoms with van der Waals surface area (Å²) in [6.07, 6.45) is 1.20. The molecular weight excluding hydrogens is 314 g/mol. The smallest absolute Gasteiger partial charge is 0.237 e. The summed E-state index contributed by atoms with van der Waals surface area (Å²) in [5.74, 6) is 0.132. The molecule has 2 atom stereocenters. The van der Waals surface area contributed by atoms with Crippen LogP contribution in [0.25, 0.3) is 0 Å². The van der Waals surface area contributed by atoms with Crippen molar-refractivity contribution in [2.75, 3.05) is 39.3 Å². The minimum atomic E-state index is -0.0591. The quantitative estimate of drug-likeness (QED) is 0.884. The molecule has 1 N–H and O–H groups in total. The first-order chi connectivity index (χ1) is 12.0. The Labute approximate surface area is 151 Å². The van der Waals surface area contributed by atoms with E-state index >= 15 is 0 Å². The molecule has 0 bridgehead atoms. The highest BCUT2D eigenvalue weighted by Gasteiger charge is 2.28. The number of nitrogens with zero attached hydrogens (tertiary/aromatic N) is 2. The van der Waals surface area contributed by atoms with E-state index in [1.54, 1.807) is 0 Å². The molecule has 2 heterocycles. The molecule has 1 aromatic rings. The zero-order valence-corrected chi connectivity index (χ0v) is 15.7. The molecule has 0 aliphatic carbocycles. The van der Waals surface area contributed by atoms with Gasteiger partial charge in [-0.1, -0.05) is 24.3 Å². The predicted molar refractivity (Wildman–Crippen MR) is 99.6 cm³/mol. The molecule has 0 radical (unpaired) electrons. The minimum Gasteiger partial charge on any atom is -0.372 e. The van der Waals surface area contributed by atoms with Crippen molar-refractivity contribution in [3.05, 3.63) is 35.4 Å². The monoisotopic (exact) mass is 345 g/mol. The van der Waals surface area contributed by atoms with Crippen LogP contribution in [-0.2, 0) is 16.0 Å². The van der Waals surface area contributed by atoms with Crippen molar-refractivity contribution in [1.82, 2.24) is 15.1 Å². The molecule has 1 saturated heterocycles. The van der Waals surface area contributed by atoms with Crippen LogP contribution in [0.15, 0.2) is 24.3 Å². The second kappa shape index (κ2) is 8.30. The van der Waals surface area contributed by atoms with Crippen LogP contribution in [0.1, 0.15) is 38.0 Å². The highest BCUT2D eigenvalue weighted by molar-refractivity contribution is 5.81. The molecule has 5 heteroatoms. The fraction of sp³-hybridized carbons (Fsp3) is 0.650. The van der Waals surface area contributed by atoms with Crippen LogP contribution in [0.3, 0.4) is 0 Å². The molecule has 0 unspecified atom stereocenters. The lowest BCUT2D eigenvalue weighted by Crippen LogP contribution is -2.55. The number of hydrogen-bond donors (Lipinski definition) is 1. The zero-order chi connectivity index (χ0) is 17.8. The summed E-state index contributed by atoms with van der Waals surface area (Å²) in [5.41, 5.74) is 2.78. The second-order valence-electron chi connectivity index (χ2n) is 7.48. The Morgan fingerprint density at radius 2 is 1.92 bits per heavy atom. The summed E-state index contributed by atoms with van der Waals surface area (Å²) in [6, 6.07) is 8.78. The van der Waals surface area contributed by atoms with E-state index in [1.165, 1.54) is 11.1 Å². The van der Waals surface area contributed by atoms with Gasteiger partial charge in [0.05, 0.1) is 18.8 Å². The van der Waals surface area contributed by atoms with Gasteiger partial charge >= 0.3 is 0 Å². The SMILES string of the molecule is CC(C)NC(=O)[C@@H](C)N1CCN(C[C@@H]2OCCc3ccccc32)CC1. The van der Waals surface area contributed by atoms with E-state index in [2.05, 4.69) is 39.4 Å². The molecule has 25 heavy (non-hydrogen) atoms. The summed E-state index contributed by atoms with van der Waals surface area (Å²) in [7, 11) is 0. The average molecular weight is 345 g/mol. The fourth-order valence-corrected chi connectivity index (χ4v) is 3.77. The van der Waals surface area contributed by atoms with Gasteiger partial charge in [-0.2, -0.15) is 0 Å². The van der Waals surface area contributed by atoms with Crippen molar-refractivity contribution in [2.45, 2.75) is 45.4 Å². The minimum absolute atomic E-state index is 0.0591. The standard InChI is InChI=1S/C20H31N3O2/c1-15(2)21-20(24)16(3)23-11-9-22(10-12-23)14-19-18-7-5-4-6-17(18)8-13-25-19/h4-7,15-16,19H,8-14H2,1-3H3,(H,21,24)/t16-,19+/m1/s1. The number of carbonyl (C=O) groups excluding carboxylic acids is 1. The van der Waals surface area contributed by atoms with E-state index in [0.29, 0.717) is 0 Å². The van der Waals surface area contributed by atoms with Crippen molar-refractivity contribution in [2.24, 2.45) is 0 Å². The molecule has 1 aromatic carbocycles. The van der Waals surface area contributed by atoms with E-state index < -0.39 is 0 Å². The molecule has 2 aliphatic heterocycles. The first kappa shape index (κ1) is 18.4. The lowest BCUT2D eigenvalue weighted by Gasteiger charge is -2.39. The van der Waals surface area contributed by atoms with Gasteiger partial charge in [0.2, 0.25) is 5.91 Å². The number of carbonyl (C=O) groups is 1. The van der Waals surface area contributed by atoms with Gasteiger partial charge in [0.25, 0.3) is 0 Å². The van der Waals surface area contributed by atoms with Crippen LogP contribution in [0, 0.1) is 0 Å². The summed E-state index contributed by atoms with van der Waals surface area (Å²) < 4.78 is 6.04. The Balaban J connectivity index is 1.51. The number of ether oxygens (including phenoxy) is 1. The lowest BCUT2D eigenvalue weighted by atomic mass is 9.97. The third-order valence-electron chi connectivity index (χ3n) is 5.28. The Morgan fingerprint density at radius 1 is 1.20 bits per heavy atom. The summed E-state index contributed by atoms with van der Waals surface area (Å²) in [6.45, 7) is 11.6. The average Bonchev–Trinajstić information content (AvgIpc) is 2.61. The van der Waals surface area contributed by atoms with Crippen LogP contribution in [-0.4, -0.2) is 67.1 Å². The van der Waals surface area contributed by atoms with Crippen LogP contribution in [0.2, 0.25) is 0 Å². The molecular formula is C20H31N3O2.